The van der Waals surface area contributed by atoms with E-state index in [9.17, 15) is 0 Å². The molecule has 0 spiro atoms. The smallest absolute Gasteiger partial charge is 0.181 e. The Bertz CT molecular complexity index is 450. The van der Waals surface area contributed by atoms with E-state index in [1.165, 1.54) is 32.1 Å². The number of rotatable bonds is 7. The van der Waals surface area contributed by atoms with Gasteiger partial charge < -0.3 is 0 Å². The van der Waals surface area contributed by atoms with E-state index in [0.29, 0.717) is 0 Å². The summed E-state index contributed by atoms with van der Waals surface area (Å²) >= 11 is 0. The van der Waals surface area contributed by atoms with Crippen LogP contribution in [0.15, 0.2) is 24.5 Å². The van der Waals surface area contributed by atoms with E-state index in [1.807, 2.05) is 12.1 Å². The number of pyridine rings is 1. The van der Waals surface area contributed by atoms with Gasteiger partial charge in [0.25, 0.3) is 0 Å². The van der Waals surface area contributed by atoms with Crippen LogP contribution in [0.5, 0.6) is 0 Å². The van der Waals surface area contributed by atoms with E-state index in [2.05, 4.69) is 27.1 Å². The van der Waals surface area contributed by atoms with Crippen LogP contribution in [-0.4, -0.2) is 20.2 Å². The zero-order valence-corrected chi connectivity index (χ0v) is 10.9. The zero-order chi connectivity index (χ0) is 12.6. The van der Waals surface area contributed by atoms with Crippen LogP contribution in [0, 0.1) is 0 Å². The number of hydrogen-bond donors (Lipinski definition) is 1. The zero-order valence-electron chi connectivity index (χ0n) is 10.9. The van der Waals surface area contributed by atoms with Crippen molar-refractivity contribution < 1.29 is 0 Å². The number of aromatic nitrogens is 4. The van der Waals surface area contributed by atoms with Crippen molar-refractivity contribution in [3.8, 4) is 11.4 Å². The maximum absolute atomic E-state index is 4.50. The first-order valence-electron chi connectivity index (χ1n) is 6.72. The van der Waals surface area contributed by atoms with Crippen LogP contribution in [0.2, 0.25) is 0 Å². The van der Waals surface area contributed by atoms with Crippen molar-refractivity contribution in [3.63, 3.8) is 0 Å². The lowest BCUT2D eigenvalue weighted by atomic mass is 10.1. The van der Waals surface area contributed by atoms with Gasteiger partial charge in [-0.2, -0.15) is 5.10 Å². The number of nitrogens with zero attached hydrogens (tertiary/aromatic N) is 3. The maximum atomic E-state index is 4.50. The summed E-state index contributed by atoms with van der Waals surface area (Å²) in [7, 11) is 0. The second kappa shape index (κ2) is 6.89. The summed E-state index contributed by atoms with van der Waals surface area (Å²) in [5, 5.41) is 7.25. The molecule has 0 radical (unpaired) electrons. The van der Waals surface area contributed by atoms with Crippen LogP contribution >= 0.6 is 0 Å². The molecule has 0 saturated heterocycles. The Balaban J connectivity index is 1.83. The molecule has 2 rings (SSSR count). The lowest BCUT2D eigenvalue weighted by Crippen LogP contribution is -1.89. The fourth-order valence-corrected chi connectivity index (χ4v) is 1.93. The highest BCUT2D eigenvalue weighted by molar-refractivity contribution is 5.52. The monoisotopic (exact) mass is 244 g/mol. The molecule has 4 heteroatoms. The van der Waals surface area contributed by atoms with Crippen molar-refractivity contribution in [2.24, 2.45) is 0 Å². The van der Waals surface area contributed by atoms with E-state index >= 15 is 0 Å². The molecule has 2 aromatic heterocycles. The summed E-state index contributed by atoms with van der Waals surface area (Å²) in [6.45, 7) is 2.23. The Labute approximate surface area is 108 Å². The first kappa shape index (κ1) is 12.7. The standard InChI is InChI=1S/C14H20N4/c1-2-3-4-5-6-7-13-16-14(18-17-13)12-8-10-15-11-9-12/h8-11H,2-7H2,1H3,(H,16,17,18). The molecular formula is C14H20N4. The van der Waals surface area contributed by atoms with E-state index in [-0.39, 0.29) is 0 Å². The molecule has 0 fully saturated rings. The van der Waals surface area contributed by atoms with E-state index < -0.39 is 0 Å². The number of unbranched alkanes of at least 4 members (excludes halogenated alkanes) is 4. The average Bonchev–Trinajstić information content (AvgIpc) is 2.88. The Morgan fingerprint density at radius 3 is 2.61 bits per heavy atom. The minimum atomic E-state index is 0.765. The van der Waals surface area contributed by atoms with Gasteiger partial charge in [-0.3, -0.25) is 10.1 Å². The minimum Gasteiger partial charge on any atom is -0.265 e. The normalized spacial score (nSPS) is 10.7. The minimum absolute atomic E-state index is 0.765. The Morgan fingerprint density at radius 1 is 1.06 bits per heavy atom. The first-order chi connectivity index (χ1) is 8.90. The third-order valence-corrected chi connectivity index (χ3v) is 2.99. The van der Waals surface area contributed by atoms with Crippen molar-refractivity contribution in [3.05, 3.63) is 30.4 Å². The van der Waals surface area contributed by atoms with Gasteiger partial charge in [0.05, 0.1) is 0 Å². The number of aryl methyl sites for hydroxylation is 1. The van der Waals surface area contributed by atoms with Gasteiger partial charge in [-0.1, -0.05) is 32.6 Å². The highest BCUT2D eigenvalue weighted by Gasteiger charge is 2.04. The number of nitrogens with one attached hydrogen (secondary N) is 1. The van der Waals surface area contributed by atoms with Gasteiger partial charge in [0.1, 0.15) is 5.82 Å². The molecule has 0 saturated carbocycles. The quantitative estimate of drug-likeness (QED) is 0.760. The third-order valence-electron chi connectivity index (χ3n) is 2.99. The Hall–Kier alpha value is -1.71. The number of hydrogen-bond acceptors (Lipinski definition) is 3. The van der Waals surface area contributed by atoms with Crippen molar-refractivity contribution in [1.29, 1.82) is 0 Å². The van der Waals surface area contributed by atoms with Crippen LogP contribution in [0.25, 0.3) is 11.4 Å². The van der Waals surface area contributed by atoms with Gasteiger partial charge in [-0.05, 0) is 18.6 Å². The van der Waals surface area contributed by atoms with Crippen LogP contribution in [0.4, 0.5) is 0 Å². The molecule has 0 aliphatic heterocycles. The molecule has 4 nitrogen and oxygen atoms in total. The molecule has 0 atom stereocenters. The molecule has 0 aliphatic carbocycles. The molecule has 96 valence electrons. The fraction of sp³-hybridized carbons (Fsp3) is 0.500. The predicted molar refractivity (Wildman–Crippen MR) is 72.1 cm³/mol. The molecule has 1 N–H and O–H groups in total. The summed E-state index contributed by atoms with van der Waals surface area (Å²) in [6.07, 6.45) is 10.9. The van der Waals surface area contributed by atoms with Crippen LogP contribution in [0.1, 0.15) is 44.9 Å². The molecule has 0 amide bonds. The molecule has 0 bridgehead atoms. The Kier molecular flexibility index (Phi) is 4.88. The summed E-state index contributed by atoms with van der Waals surface area (Å²) < 4.78 is 0. The van der Waals surface area contributed by atoms with E-state index in [0.717, 1.165) is 23.6 Å². The van der Waals surface area contributed by atoms with Crippen LogP contribution < -0.4 is 0 Å². The second-order valence-corrected chi connectivity index (χ2v) is 4.51. The predicted octanol–water partition coefficient (Wildman–Crippen LogP) is 3.38. The molecule has 2 aromatic rings. The average molecular weight is 244 g/mol. The van der Waals surface area contributed by atoms with Gasteiger partial charge in [0.2, 0.25) is 0 Å². The summed E-state index contributed by atoms with van der Waals surface area (Å²) in [5.74, 6) is 1.75. The van der Waals surface area contributed by atoms with Crippen LogP contribution in [0.3, 0.4) is 0 Å². The van der Waals surface area contributed by atoms with Crippen molar-refractivity contribution >= 4 is 0 Å². The van der Waals surface area contributed by atoms with Gasteiger partial charge in [-0.25, -0.2) is 4.98 Å². The Morgan fingerprint density at radius 2 is 1.83 bits per heavy atom. The van der Waals surface area contributed by atoms with E-state index in [4.69, 9.17) is 0 Å². The highest BCUT2D eigenvalue weighted by Crippen LogP contribution is 2.13. The third kappa shape index (κ3) is 3.65. The van der Waals surface area contributed by atoms with Gasteiger partial charge >= 0.3 is 0 Å². The SMILES string of the molecule is CCCCCCCc1nc(-c2ccncc2)n[nH]1. The van der Waals surface area contributed by atoms with Gasteiger partial charge in [0.15, 0.2) is 5.82 Å². The summed E-state index contributed by atoms with van der Waals surface area (Å²) in [6, 6.07) is 3.85. The molecule has 2 heterocycles. The molecule has 0 aliphatic rings. The first-order valence-corrected chi connectivity index (χ1v) is 6.72. The van der Waals surface area contributed by atoms with Crippen molar-refractivity contribution in [2.45, 2.75) is 45.4 Å². The maximum Gasteiger partial charge on any atom is 0.181 e. The number of aromatic amines is 1. The number of H-pyrrole nitrogens is 1. The van der Waals surface area contributed by atoms with Gasteiger partial charge in [-0.15, -0.1) is 0 Å². The lowest BCUT2D eigenvalue weighted by molar-refractivity contribution is 0.623. The summed E-state index contributed by atoms with van der Waals surface area (Å²) in [4.78, 5) is 8.49. The van der Waals surface area contributed by atoms with Gasteiger partial charge in [0, 0.05) is 24.4 Å². The molecule has 18 heavy (non-hydrogen) atoms. The topological polar surface area (TPSA) is 54.5 Å². The molecule has 0 aromatic carbocycles. The van der Waals surface area contributed by atoms with Crippen molar-refractivity contribution in [2.75, 3.05) is 0 Å². The second-order valence-electron chi connectivity index (χ2n) is 4.51. The van der Waals surface area contributed by atoms with Crippen LogP contribution in [-0.2, 0) is 6.42 Å². The van der Waals surface area contributed by atoms with E-state index in [1.54, 1.807) is 12.4 Å². The fourth-order valence-electron chi connectivity index (χ4n) is 1.93. The lowest BCUT2D eigenvalue weighted by Gasteiger charge is -1.97. The molecular weight excluding hydrogens is 224 g/mol. The molecule has 0 unspecified atom stereocenters. The summed E-state index contributed by atoms with van der Waals surface area (Å²) in [5.41, 5.74) is 1.01. The highest BCUT2D eigenvalue weighted by atomic mass is 15.2. The largest absolute Gasteiger partial charge is 0.265 e. The van der Waals surface area contributed by atoms with Crippen molar-refractivity contribution in [1.82, 2.24) is 20.2 Å².